The van der Waals surface area contributed by atoms with E-state index in [4.69, 9.17) is 5.73 Å². The Balaban J connectivity index is 1.83. The zero-order valence-electron chi connectivity index (χ0n) is 12.4. The number of amides is 3. The fourth-order valence-electron chi connectivity index (χ4n) is 2.53. The summed E-state index contributed by atoms with van der Waals surface area (Å²) in [7, 11) is 0. The number of nitrogens with two attached hydrogens (primary N) is 1. The van der Waals surface area contributed by atoms with Gasteiger partial charge in [-0.25, -0.2) is 4.79 Å². The minimum absolute atomic E-state index is 0.0925. The Kier molecular flexibility index (Phi) is 4.58. The molecule has 3 heterocycles. The van der Waals surface area contributed by atoms with Gasteiger partial charge < -0.3 is 16.4 Å². The molecule has 1 aliphatic heterocycles. The molecular formula is C14H18N6O2S. The van der Waals surface area contributed by atoms with Gasteiger partial charge >= 0.3 is 6.03 Å². The van der Waals surface area contributed by atoms with E-state index in [1.807, 2.05) is 0 Å². The summed E-state index contributed by atoms with van der Waals surface area (Å²) in [5.41, 5.74) is 6.46. The van der Waals surface area contributed by atoms with Gasteiger partial charge in [-0.3, -0.25) is 15.2 Å². The van der Waals surface area contributed by atoms with Gasteiger partial charge in [-0.05, 0) is 25.5 Å². The molecule has 1 atom stereocenters. The molecule has 0 aliphatic carbocycles. The Bertz CT molecular complexity index is 690. The number of urea groups is 1. The van der Waals surface area contributed by atoms with Crippen molar-refractivity contribution in [1.29, 1.82) is 0 Å². The molecule has 1 fully saturated rings. The first-order valence-electron chi connectivity index (χ1n) is 7.34. The maximum atomic E-state index is 12.6. The third-order valence-corrected chi connectivity index (χ3v) is 4.73. The third-order valence-electron chi connectivity index (χ3n) is 3.63. The lowest BCUT2D eigenvalue weighted by atomic mass is 10.1. The maximum Gasteiger partial charge on any atom is 0.317 e. The first kappa shape index (κ1) is 15.5. The van der Waals surface area contributed by atoms with Crippen LogP contribution in [0.25, 0.3) is 10.4 Å². The van der Waals surface area contributed by atoms with E-state index in [0.717, 1.165) is 36.4 Å². The highest BCUT2D eigenvalue weighted by atomic mass is 32.1. The average Bonchev–Trinajstić information content (AvgIpc) is 3.16. The zero-order valence-corrected chi connectivity index (χ0v) is 13.2. The highest BCUT2D eigenvalue weighted by Crippen LogP contribution is 2.35. The summed E-state index contributed by atoms with van der Waals surface area (Å²) in [6.45, 7) is 1.73. The molecule has 0 unspecified atom stereocenters. The predicted molar refractivity (Wildman–Crippen MR) is 88.5 cm³/mol. The second-order valence-corrected chi connectivity index (χ2v) is 6.40. The lowest BCUT2D eigenvalue weighted by Gasteiger charge is -2.23. The third kappa shape index (κ3) is 3.69. The Morgan fingerprint density at radius 1 is 1.43 bits per heavy atom. The highest BCUT2D eigenvalue weighted by Gasteiger charge is 2.22. The molecule has 1 aliphatic rings. The molecule has 2 aromatic rings. The number of carbonyl (C=O) groups is 2. The van der Waals surface area contributed by atoms with Crippen LogP contribution in [-0.4, -0.2) is 41.3 Å². The summed E-state index contributed by atoms with van der Waals surface area (Å²) in [6, 6.07) is 1.14. The zero-order chi connectivity index (χ0) is 16.2. The van der Waals surface area contributed by atoms with E-state index in [1.54, 1.807) is 18.5 Å². The molecule has 2 aromatic heterocycles. The Morgan fingerprint density at radius 2 is 2.30 bits per heavy atom. The number of anilines is 1. The van der Waals surface area contributed by atoms with E-state index in [2.05, 4.69) is 26.1 Å². The highest BCUT2D eigenvalue weighted by molar-refractivity contribution is 7.20. The van der Waals surface area contributed by atoms with Crippen molar-refractivity contribution < 1.29 is 9.59 Å². The van der Waals surface area contributed by atoms with Crippen molar-refractivity contribution in [1.82, 2.24) is 20.8 Å². The van der Waals surface area contributed by atoms with Crippen LogP contribution in [0, 0.1) is 0 Å². The van der Waals surface area contributed by atoms with Crippen LogP contribution in [0.4, 0.5) is 9.80 Å². The molecule has 9 heteroatoms. The number of nitrogens with one attached hydrogen (secondary N) is 4. The molecule has 23 heavy (non-hydrogen) atoms. The minimum atomic E-state index is -0.695. The van der Waals surface area contributed by atoms with Gasteiger partial charge in [-0.15, -0.1) is 11.3 Å². The summed E-state index contributed by atoms with van der Waals surface area (Å²) in [5.74, 6) is -0.214. The van der Waals surface area contributed by atoms with E-state index in [-0.39, 0.29) is 11.9 Å². The lowest BCUT2D eigenvalue weighted by molar-refractivity contribution is 0.0932. The van der Waals surface area contributed by atoms with E-state index >= 15 is 0 Å². The Labute approximate surface area is 136 Å². The molecule has 1 saturated heterocycles. The second-order valence-electron chi connectivity index (χ2n) is 5.35. The Hall–Kier alpha value is -2.39. The van der Waals surface area contributed by atoms with Gasteiger partial charge in [0.1, 0.15) is 5.00 Å². The van der Waals surface area contributed by atoms with E-state index in [9.17, 15) is 9.59 Å². The normalized spacial score (nSPS) is 17.7. The molecule has 0 aromatic carbocycles. The molecule has 0 bridgehead atoms. The van der Waals surface area contributed by atoms with Gasteiger partial charge in [0.05, 0.1) is 11.8 Å². The standard InChI is InChI=1S/C14H18N6O2S/c15-14(22)20-13-10(4-11(23-13)8-5-17-18-6-8)12(21)19-9-2-1-3-16-7-9/h4-6,9,16H,1-3,7H2,(H,17,18)(H,19,21)(H3,15,20,22)/t9-/m0/s1. The molecule has 3 amide bonds. The van der Waals surface area contributed by atoms with Crippen LogP contribution in [0.1, 0.15) is 23.2 Å². The van der Waals surface area contributed by atoms with Crippen LogP contribution in [0.5, 0.6) is 0 Å². The monoisotopic (exact) mass is 334 g/mol. The second kappa shape index (κ2) is 6.80. The first-order chi connectivity index (χ1) is 11.1. The number of thiophene rings is 1. The van der Waals surface area contributed by atoms with Crippen LogP contribution in [-0.2, 0) is 0 Å². The van der Waals surface area contributed by atoms with Gasteiger partial charge in [0.2, 0.25) is 0 Å². The molecule has 6 N–H and O–H groups in total. The number of aromatic nitrogens is 2. The number of hydrogen-bond acceptors (Lipinski definition) is 5. The van der Waals surface area contributed by atoms with Crippen molar-refractivity contribution in [3.05, 3.63) is 24.0 Å². The number of piperidine rings is 1. The summed E-state index contributed by atoms with van der Waals surface area (Å²) >= 11 is 1.29. The van der Waals surface area contributed by atoms with Crippen LogP contribution >= 0.6 is 11.3 Å². The number of nitrogens with zero attached hydrogens (tertiary/aromatic N) is 1. The lowest BCUT2D eigenvalue weighted by Crippen LogP contribution is -2.45. The summed E-state index contributed by atoms with van der Waals surface area (Å²) in [5, 5.41) is 15.8. The van der Waals surface area contributed by atoms with Crippen molar-refractivity contribution in [2.24, 2.45) is 5.73 Å². The fourth-order valence-corrected chi connectivity index (χ4v) is 3.57. The van der Waals surface area contributed by atoms with Crippen LogP contribution in [0.15, 0.2) is 18.5 Å². The summed E-state index contributed by atoms with van der Waals surface area (Å²) in [6.07, 6.45) is 5.36. The van der Waals surface area contributed by atoms with Crippen LogP contribution < -0.4 is 21.7 Å². The van der Waals surface area contributed by atoms with Crippen molar-refractivity contribution in [2.75, 3.05) is 18.4 Å². The molecule has 122 valence electrons. The van der Waals surface area contributed by atoms with Crippen molar-refractivity contribution in [3.63, 3.8) is 0 Å². The molecule has 3 rings (SSSR count). The number of primary amides is 1. The summed E-state index contributed by atoms with van der Waals surface area (Å²) in [4.78, 5) is 24.6. The van der Waals surface area contributed by atoms with Crippen LogP contribution in [0.2, 0.25) is 0 Å². The fraction of sp³-hybridized carbons (Fsp3) is 0.357. The molecular weight excluding hydrogens is 316 g/mol. The SMILES string of the molecule is NC(=O)Nc1sc(-c2cn[nH]c2)cc1C(=O)N[C@H]1CCCNC1. The van der Waals surface area contributed by atoms with Crippen molar-refractivity contribution >= 4 is 28.3 Å². The predicted octanol–water partition coefficient (Wildman–Crippen LogP) is 1.11. The minimum Gasteiger partial charge on any atom is -0.351 e. The number of aromatic amines is 1. The largest absolute Gasteiger partial charge is 0.351 e. The average molecular weight is 334 g/mol. The smallest absolute Gasteiger partial charge is 0.317 e. The molecule has 0 radical (unpaired) electrons. The number of rotatable bonds is 4. The van der Waals surface area contributed by atoms with Gasteiger partial charge in [0, 0.05) is 29.2 Å². The molecule has 8 nitrogen and oxygen atoms in total. The van der Waals surface area contributed by atoms with Gasteiger partial charge in [-0.1, -0.05) is 0 Å². The van der Waals surface area contributed by atoms with Gasteiger partial charge in [0.15, 0.2) is 0 Å². The van der Waals surface area contributed by atoms with Gasteiger partial charge in [-0.2, -0.15) is 5.10 Å². The molecule has 0 spiro atoms. The van der Waals surface area contributed by atoms with Crippen molar-refractivity contribution in [3.8, 4) is 10.4 Å². The van der Waals surface area contributed by atoms with Crippen LogP contribution in [0.3, 0.4) is 0 Å². The topological polar surface area (TPSA) is 125 Å². The van der Waals surface area contributed by atoms with E-state index < -0.39 is 6.03 Å². The Morgan fingerprint density at radius 3 is 2.96 bits per heavy atom. The molecule has 0 saturated carbocycles. The summed E-state index contributed by atoms with van der Waals surface area (Å²) < 4.78 is 0. The number of carbonyl (C=O) groups excluding carboxylic acids is 2. The number of hydrogen-bond donors (Lipinski definition) is 5. The maximum absolute atomic E-state index is 12.6. The van der Waals surface area contributed by atoms with Gasteiger partial charge in [0.25, 0.3) is 5.91 Å². The van der Waals surface area contributed by atoms with E-state index in [0.29, 0.717) is 10.6 Å². The number of H-pyrrole nitrogens is 1. The van der Waals surface area contributed by atoms with E-state index in [1.165, 1.54) is 11.3 Å². The quantitative estimate of drug-likeness (QED) is 0.574. The first-order valence-corrected chi connectivity index (χ1v) is 8.16. The van der Waals surface area contributed by atoms with Crippen molar-refractivity contribution in [2.45, 2.75) is 18.9 Å².